The Balaban J connectivity index is 1.70. The fourth-order valence-electron chi connectivity index (χ4n) is 4.52. The number of hydrogen-bond donors (Lipinski definition) is 1. The molecule has 212 valence electrons. The van der Waals surface area contributed by atoms with E-state index in [-0.39, 0.29) is 24.5 Å². The van der Waals surface area contributed by atoms with Gasteiger partial charge in [-0.05, 0) is 62.8 Å². The first kappa shape index (κ1) is 29.3. The van der Waals surface area contributed by atoms with Crippen LogP contribution < -0.4 is 14.8 Å². The number of thioether (sulfide) groups is 1. The summed E-state index contributed by atoms with van der Waals surface area (Å²) in [5.41, 5.74) is 3.60. The minimum absolute atomic E-state index is 0.0684. The van der Waals surface area contributed by atoms with Crippen LogP contribution in [0.2, 0.25) is 0 Å². The van der Waals surface area contributed by atoms with E-state index in [9.17, 15) is 9.59 Å². The topological polar surface area (TPSA) is 89.5 Å². The quantitative estimate of drug-likeness (QED) is 0.330. The molecular weight excluding hydrogens is 526 g/mol. The van der Waals surface area contributed by atoms with Crippen molar-refractivity contribution in [3.8, 4) is 11.5 Å². The lowest BCUT2D eigenvalue weighted by Crippen LogP contribution is -2.39. The Morgan fingerprint density at radius 1 is 1.10 bits per heavy atom. The minimum atomic E-state index is -0.562. The number of carbonyl (C=O) groups excluding carboxylic acids is 2. The highest BCUT2D eigenvalue weighted by Gasteiger charge is 2.41. The van der Waals surface area contributed by atoms with E-state index in [1.165, 1.54) is 11.8 Å². The van der Waals surface area contributed by atoms with Gasteiger partial charge in [-0.2, -0.15) is 0 Å². The smallest absolute Gasteiger partial charge is 0.338 e. The highest BCUT2D eigenvalue weighted by Crippen LogP contribution is 2.46. The molecule has 2 atom stereocenters. The molecule has 0 radical (unpaired) electrons. The second-order valence-electron chi connectivity index (χ2n) is 10.1. The van der Waals surface area contributed by atoms with Gasteiger partial charge in [-0.1, -0.05) is 55.1 Å². The molecule has 2 aliphatic rings. The van der Waals surface area contributed by atoms with Crippen molar-refractivity contribution in [1.29, 1.82) is 0 Å². The minimum Gasteiger partial charge on any atom is -0.493 e. The molecule has 0 unspecified atom stereocenters. The molecule has 9 heteroatoms. The Bertz CT molecular complexity index is 1340. The number of aliphatic imine (C=N–C) groups is 1. The van der Waals surface area contributed by atoms with Crippen LogP contribution >= 0.6 is 11.8 Å². The maximum atomic E-state index is 13.4. The predicted octanol–water partition coefficient (Wildman–Crippen LogP) is 6.11. The molecule has 4 rings (SSSR count). The van der Waals surface area contributed by atoms with Crippen LogP contribution in [-0.4, -0.2) is 41.2 Å². The number of esters is 1. The highest BCUT2D eigenvalue weighted by molar-refractivity contribution is 8.16. The molecule has 1 N–H and O–H groups in total. The third-order valence-electron chi connectivity index (χ3n) is 6.67. The van der Waals surface area contributed by atoms with Crippen molar-refractivity contribution >= 4 is 28.8 Å². The van der Waals surface area contributed by atoms with Crippen molar-refractivity contribution in [3.63, 3.8) is 0 Å². The van der Waals surface area contributed by atoms with Crippen molar-refractivity contribution in [2.24, 2.45) is 4.99 Å². The Hall–Kier alpha value is -3.72. The van der Waals surface area contributed by atoms with Crippen LogP contribution in [0.4, 0.5) is 0 Å². The maximum absolute atomic E-state index is 13.4. The molecule has 2 aromatic carbocycles. The number of carbonyl (C=O) groups is 2. The summed E-state index contributed by atoms with van der Waals surface area (Å²) in [6.45, 7) is 9.85. The van der Waals surface area contributed by atoms with Crippen LogP contribution in [-0.2, 0) is 20.9 Å². The van der Waals surface area contributed by atoms with E-state index >= 15 is 0 Å². The molecule has 2 heterocycles. The molecule has 0 aromatic heterocycles. The summed E-state index contributed by atoms with van der Waals surface area (Å²) in [6, 6.07) is 15.1. The molecule has 0 spiro atoms. The third-order valence-corrected chi connectivity index (χ3v) is 7.55. The number of hydrogen-bond acceptors (Lipinski definition) is 8. The van der Waals surface area contributed by atoms with Gasteiger partial charge in [0.15, 0.2) is 16.7 Å². The normalized spacial score (nSPS) is 17.2. The molecule has 0 bridgehead atoms. The fourth-order valence-corrected chi connectivity index (χ4v) is 5.49. The average Bonchev–Trinajstić information content (AvgIpc) is 3.32. The number of nitrogens with one attached hydrogen (secondary N) is 1. The lowest BCUT2D eigenvalue weighted by molar-refractivity contribution is -0.143. The molecule has 0 saturated heterocycles. The summed E-state index contributed by atoms with van der Waals surface area (Å²) in [5.74, 6) is 0.606. The van der Waals surface area contributed by atoms with Crippen LogP contribution in [0.1, 0.15) is 64.6 Å². The number of fused-ring (bicyclic) bond motifs is 1. The average molecular weight is 564 g/mol. The first-order valence-corrected chi connectivity index (χ1v) is 14.4. The van der Waals surface area contributed by atoms with Crippen LogP contribution in [0.25, 0.3) is 0 Å². The van der Waals surface area contributed by atoms with Crippen molar-refractivity contribution in [1.82, 2.24) is 10.2 Å². The number of rotatable bonds is 11. The zero-order chi connectivity index (χ0) is 28.8. The van der Waals surface area contributed by atoms with E-state index in [1.807, 2.05) is 93.5 Å². The van der Waals surface area contributed by atoms with E-state index < -0.39 is 12.0 Å². The molecule has 8 nitrogen and oxygen atoms in total. The largest absolute Gasteiger partial charge is 0.493 e. The van der Waals surface area contributed by atoms with Gasteiger partial charge in [-0.15, -0.1) is 0 Å². The fraction of sp³-hybridized carbons (Fsp3) is 0.387. The lowest BCUT2D eigenvalue weighted by atomic mass is 9.93. The first-order valence-electron chi connectivity index (χ1n) is 13.5. The van der Waals surface area contributed by atoms with Gasteiger partial charge in [0.25, 0.3) is 0 Å². The van der Waals surface area contributed by atoms with Crippen molar-refractivity contribution in [3.05, 3.63) is 82.0 Å². The SMILES string of the molecule is CC[C@H](C)NC(=O)CC1=CSC2=NC(C)=C(C(=O)OC(C)C)[C@@H](c3ccc(OCc4ccccc4)c(OC)c3)N12. The van der Waals surface area contributed by atoms with E-state index in [0.717, 1.165) is 23.2 Å². The van der Waals surface area contributed by atoms with Gasteiger partial charge in [0, 0.05) is 11.7 Å². The van der Waals surface area contributed by atoms with Crippen molar-refractivity contribution in [2.45, 2.75) is 72.3 Å². The monoisotopic (exact) mass is 563 g/mol. The van der Waals surface area contributed by atoms with Crippen molar-refractivity contribution < 1.29 is 23.8 Å². The van der Waals surface area contributed by atoms with Crippen molar-refractivity contribution in [2.75, 3.05) is 7.11 Å². The molecule has 0 fully saturated rings. The van der Waals surface area contributed by atoms with E-state index in [2.05, 4.69) is 5.32 Å². The van der Waals surface area contributed by atoms with Gasteiger partial charge in [0.05, 0.1) is 36.9 Å². The van der Waals surface area contributed by atoms with Gasteiger partial charge >= 0.3 is 5.97 Å². The summed E-state index contributed by atoms with van der Waals surface area (Å²) in [4.78, 5) is 33.0. The zero-order valence-corrected chi connectivity index (χ0v) is 24.7. The standard InChI is InChI=1S/C31H37N3O5S/c1-7-20(4)32-27(35)16-24-18-40-31-33-21(5)28(30(36)39-19(2)3)29(34(24)31)23-13-14-25(26(15-23)37-6)38-17-22-11-9-8-10-12-22/h8-15,18-20,29H,7,16-17H2,1-6H3,(H,32,35)/t20-,29+/m0/s1. The molecule has 0 saturated carbocycles. The van der Waals surface area contributed by atoms with Gasteiger partial charge in [-0.25, -0.2) is 9.79 Å². The number of methoxy groups -OCH3 is 1. The summed E-state index contributed by atoms with van der Waals surface area (Å²) in [6.07, 6.45) is 0.698. The third kappa shape index (κ3) is 6.70. The predicted molar refractivity (Wildman–Crippen MR) is 158 cm³/mol. The molecule has 0 aliphatic carbocycles. The Morgan fingerprint density at radius 3 is 2.52 bits per heavy atom. The van der Waals surface area contributed by atoms with Crippen LogP contribution in [0, 0.1) is 0 Å². The van der Waals surface area contributed by atoms with Gasteiger partial charge in [0.2, 0.25) is 5.91 Å². The number of amides is 1. The molecule has 2 aromatic rings. The van der Waals surface area contributed by atoms with Gasteiger partial charge in [-0.3, -0.25) is 4.79 Å². The Kier molecular flexibility index (Phi) is 9.58. The van der Waals surface area contributed by atoms with Gasteiger partial charge < -0.3 is 24.4 Å². The zero-order valence-electron chi connectivity index (χ0n) is 23.9. The lowest BCUT2D eigenvalue weighted by Gasteiger charge is -2.36. The summed E-state index contributed by atoms with van der Waals surface area (Å²) < 4.78 is 17.5. The van der Waals surface area contributed by atoms with Crippen LogP contribution in [0.3, 0.4) is 0 Å². The van der Waals surface area contributed by atoms with E-state index in [4.69, 9.17) is 19.2 Å². The Morgan fingerprint density at radius 2 is 1.85 bits per heavy atom. The number of amidine groups is 1. The maximum Gasteiger partial charge on any atom is 0.338 e. The van der Waals surface area contributed by atoms with E-state index in [1.54, 1.807) is 7.11 Å². The molecule has 1 amide bonds. The second kappa shape index (κ2) is 13.1. The molecular formula is C31H37N3O5S. The number of allylic oxidation sites excluding steroid dienone is 1. The molecule has 2 aliphatic heterocycles. The van der Waals surface area contributed by atoms with E-state index in [0.29, 0.717) is 34.5 Å². The van der Waals surface area contributed by atoms with Crippen LogP contribution in [0.5, 0.6) is 11.5 Å². The summed E-state index contributed by atoms with van der Waals surface area (Å²) >= 11 is 1.44. The number of benzene rings is 2. The highest BCUT2D eigenvalue weighted by atomic mass is 32.2. The summed E-state index contributed by atoms with van der Waals surface area (Å²) in [7, 11) is 1.59. The second-order valence-corrected chi connectivity index (χ2v) is 10.9. The molecule has 40 heavy (non-hydrogen) atoms. The number of nitrogens with zero attached hydrogens (tertiary/aromatic N) is 2. The van der Waals surface area contributed by atoms with Gasteiger partial charge in [0.1, 0.15) is 6.61 Å². The first-order chi connectivity index (χ1) is 19.2. The van der Waals surface area contributed by atoms with Crippen LogP contribution in [0.15, 0.2) is 75.9 Å². The summed E-state index contributed by atoms with van der Waals surface area (Å²) in [5, 5.41) is 5.67. The number of ether oxygens (including phenoxy) is 3. The Labute approximate surface area is 240 Å².